The van der Waals surface area contributed by atoms with E-state index >= 15 is 0 Å². The number of hydrogen-bond acceptors (Lipinski definition) is 3. The Morgan fingerprint density at radius 2 is 1.78 bits per heavy atom. The van der Waals surface area contributed by atoms with E-state index in [1.165, 1.54) is 16.8 Å². The van der Waals surface area contributed by atoms with E-state index in [0.717, 1.165) is 16.5 Å². The quantitative estimate of drug-likeness (QED) is 0.549. The molecule has 4 rings (SSSR count). The van der Waals surface area contributed by atoms with Gasteiger partial charge in [0.2, 0.25) is 5.52 Å². The van der Waals surface area contributed by atoms with E-state index in [1.54, 1.807) is 16.6 Å². The maximum atomic E-state index is 13.1. The number of aromatic hydroxyl groups is 1. The highest BCUT2D eigenvalue weighted by atomic mass is 19.1. The highest BCUT2D eigenvalue weighted by Crippen LogP contribution is 2.24. The number of fused-ring (bicyclic) bond motifs is 3. The standard InChI is InChI=1S/C17H12FN3O.H2O/c1-11-10-12-4-2-3-5-15(12)21-16(11)17(22)20(19-21)14-8-6-13(18)7-9-14;/h2-10H,1H3;1H2. The molecule has 6 heteroatoms. The van der Waals surface area contributed by atoms with Gasteiger partial charge < -0.3 is 10.6 Å². The zero-order chi connectivity index (χ0) is 15.3. The third-order valence-corrected chi connectivity index (χ3v) is 3.78. The van der Waals surface area contributed by atoms with E-state index in [2.05, 4.69) is 5.21 Å². The second kappa shape index (κ2) is 5.33. The van der Waals surface area contributed by atoms with Gasteiger partial charge in [0, 0.05) is 10.9 Å². The number of rotatable bonds is 1. The molecule has 0 bridgehead atoms. The molecule has 23 heavy (non-hydrogen) atoms. The van der Waals surface area contributed by atoms with Gasteiger partial charge in [0.15, 0.2) is 11.2 Å². The van der Waals surface area contributed by atoms with Crippen LogP contribution in [-0.2, 0) is 0 Å². The van der Waals surface area contributed by atoms with Gasteiger partial charge in [-0.1, -0.05) is 27.4 Å². The zero-order valence-electron chi connectivity index (χ0n) is 12.3. The maximum Gasteiger partial charge on any atom is 0.359 e. The molecule has 0 radical (unpaired) electrons. The molecule has 2 aromatic carbocycles. The molecular weight excluding hydrogens is 297 g/mol. The summed E-state index contributed by atoms with van der Waals surface area (Å²) in [6.45, 7) is 1.93. The summed E-state index contributed by atoms with van der Waals surface area (Å²) in [7, 11) is 0. The molecule has 5 nitrogen and oxygen atoms in total. The number of hydrogen-bond donors (Lipinski definition) is 1. The Bertz CT molecular complexity index is 1010. The minimum Gasteiger partial charge on any atom is -0.870 e. The minimum absolute atomic E-state index is 0. The fourth-order valence-electron chi connectivity index (χ4n) is 2.74. The van der Waals surface area contributed by atoms with Crippen LogP contribution in [0.2, 0.25) is 0 Å². The lowest BCUT2D eigenvalue weighted by Crippen LogP contribution is -2.26. The highest BCUT2D eigenvalue weighted by molar-refractivity contribution is 5.79. The summed E-state index contributed by atoms with van der Waals surface area (Å²) in [5, 5.41) is 16.0. The van der Waals surface area contributed by atoms with E-state index in [4.69, 9.17) is 0 Å². The fraction of sp³-hybridized carbons (Fsp3) is 0.0588. The van der Waals surface area contributed by atoms with Crippen LogP contribution in [0.1, 0.15) is 5.56 Å². The van der Waals surface area contributed by atoms with E-state index in [0.29, 0.717) is 11.2 Å². The fourth-order valence-corrected chi connectivity index (χ4v) is 2.74. The first kappa shape index (κ1) is 14.9. The zero-order valence-corrected chi connectivity index (χ0v) is 12.3. The average molecular weight is 311 g/mol. The SMILES string of the molecule is Cc1cc2ccccc2[n+]2nn(-c3ccc(F)cc3)c(O)c12.[OH-]. The summed E-state index contributed by atoms with van der Waals surface area (Å²) in [6.07, 6.45) is 0. The number of pyridine rings is 1. The van der Waals surface area contributed by atoms with Gasteiger partial charge in [-0.2, -0.15) is 0 Å². The summed E-state index contributed by atoms with van der Waals surface area (Å²) >= 11 is 0. The monoisotopic (exact) mass is 311 g/mol. The van der Waals surface area contributed by atoms with Crippen LogP contribution in [0.25, 0.3) is 22.1 Å². The van der Waals surface area contributed by atoms with Crippen molar-refractivity contribution in [3.8, 4) is 11.6 Å². The van der Waals surface area contributed by atoms with Crippen LogP contribution in [0.15, 0.2) is 54.6 Å². The Morgan fingerprint density at radius 3 is 2.52 bits per heavy atom. The molecule has 0 aliphatic heterocycles. The van der Waals surface area contributed by atoms with Crippen molar-refractivity contribution < 1.29 is 19.5 Å². The van der Waals surface area contributed by atoms with E-state index in [9.17, 15) is 9.50 Å². The maximum absolute atomic E-state index is 13.1. The summed E-state index contributed by atoms with van der Waals surface area (Å²) in [5.41, 5.74) is 3.07. The minimum atomic E-state index is -0.325. The molecule has 116 valence electrons. The van der Waals surface area contributed by atoms with Crippen LogP contribution < -0.4 is 4.52 Å². The summed E-state index contributed by atoms with van der Waals surface area (Å²) in [5.74, 6) is -0.288. The second-order valence-electron chi connectivity index (χ2n) is 5.25. The Morgan fingerprint density at radius 1 is 1.09 bits per heavy atom. The number of aryl methyl sites for hydroxylation is 1. The Balaban J connectivity index is 0.00000156. The summed E-state index contributed by atoms with van der Waals surface area (Å²) in [4.78, 5) is 0. The number of benzene rings is 2. The third-order valence-electron chi connectivity index (χ3n) is 3.78. The van der Waals surface area contributed by atoms with Gasteiger partial charge in [-0.25, -0.2) is 4.39 Å². The van der Waals surface area contributed by atoms with Crippen LogP contribution >= 0.6 is 0 Å². The van der Waals surface area contributed by atoms with Gasteiger partial charge in [-0.05, 0) is 43.3 Å². The number of halogens is 1. The van der Waals surface area contributed by atoms with Crippen molar-refractivity contribution in [2.24, 2.45) is 0 Å². The van der Waals surface area contributed by atoms with Crippen molar-refractivity contribution in [2.75, 3.05) is 0 Å². The van der Waals surface area contributed by atoms with Crippen molar-refractivity contribution in [2.45, 2.75) is 6.92 Å². The van der Waals surface area contributed by atoms with Crippen molar-refractivity contribution in [1.82, 2.24) is 9.90 Å². The van der Waals surface area contributed by atoms with Crippen molar-refractivity contribution >= 4 is 16.4 Å². The van der Waals surface area contributed by atoms with Gasteiger partial charge in [0.25, 0.3) is 0 Å². The van der Waals surface area contributed by atoms with Crippen molar-refractivity contribution in [3.05, 3.63) is 66.0 Å². The van der Waals surface area contributed by atoms with Crippen LogP contribution in [-0.4, -0.2) is 20.5 Å². The molecule has 0 fully saturated rings. The molecule has 0 aliphatic carbocycles. The summed E-state index contributed by atoms with van der Waals surface area (Å²) < 4.78 is 16.2. The van der Waals surface area contributed by atoms with Crippen LogP contribution in [0.5, 0.6) is 5.88 Å². The topological polar surface area (TPSA) is 72.2 Å². The second-order valence-corrected chi connectivity index (χ2v) is 5.25. The van der Waals surface area contributed by atoms with Gasteiger partial charge >= 0.3 is 5.88 Å². The molecule has 4 aromatic rings. The highest BCUT2D eigenvalue weighted by Gasteiger charge is 2.24. The van der Waals surface area contributed by atoms with E-state index in [-0.39, 0.29) is 17.2 Å². The van der Waals surface area contributed by atoms with Crippen LogP contribution in [0, 0.1) is 12.7 Å². The molecule has 0 amide bonds. The molecule has 0 atom stereocenters. The van der Waals surface area contributed by atoms with E-state index < -0.39 is 0 Å². The molecule has 0 spiro atoms. The molecule has 0 unspecified atom stereocenters. The van der Waals surface area contributed by atoms with Crippen molar-refractivity contribution in [1.29, 1.82) is 0 Å². The molecule has 2 N–H and O–H groups in total. The molecule has 2 heterocycles. The Kier molecular flexibility index (Phi) is 3.46. The lowest BCUT2D eigenvalue weighted by molar-refractivity contribution is -0.555. The number of nitrogens with zero attached hydrogens (tertiary/aromatic N) is 3. The predicted molar refractivity (Wildman–Crippen MR) is 82.5 cm³/mol. The average Bonchev–Trinajstić information content (AvgIpc) is 2.87. The first-order chi connectivity index (χ1) is 10.6. The molecule has 0 aliphatic rings. The van der Waals surface area contributed by atoms with E-state index in [1.807, 2.05) is 37.3 Å². The molecular formula is C17H14FN3O2. The largest absolute Gasteiger partial charge is 0.870 e. The summed E-state index contributed by atoms with van der Waals surface area (Å²) in [6, 6.07) is 15.7. The van der Waals surface area contributed by atoms with Gasteiger partial charge in [0.05, 0.1) is 0 Å². The van der Waals surface area contributed by atoms with Gasteiger partial charge in [0.1, 0.15) is 11.0 Å². The van der Waals surface area contributed by atoms with Crippen LogP contribution in [0.3, 0.4) is 0 Å². The third kappa shape index (κ3) is 2.20. The van der Waals surface area contributed by atoms with Crippen LogP contribution in [0.4, 0.5) is 4.39 Å². The normalized spacial score (nSPS) is 10.9. The first-order valence-corrected chi connectivity index (χ1v) is 6.93. The first-order valence-electron chi connectivity index (χ1n) is 6.93. The number of para-hydroxylation sites is 1. The van der Waals surface area contributed by atoms with Crippen molar-refractivity contribution in [3.63, 3.8) is 0 Å². The molecule has 0 saturated carbocycles. The smallest absolute Gasteiger partial charge is 0.359 e. The lowest BCUT2D eigenvalue weighted by Gasteiger charge is -1.97. The lowest BCUT2D eigenvalue weighted by atomic mass is 10.1. The van der Waals surface area contributed by atoms with Gasteiger partial charge in [-0.3, -0.25) is 0 Å². The molecule has 2 aromatic heterocycles. The molecule has 0 saturated heterocycles. The number of aromatic nitrogens is 3. The Labute approximate surface area is 131 Å². The van der Waals surface area contributed by atoms with Gasteiger partial charge in [-0.15, -0.1) is 0 Å². The Hall–Kier alpha value is -2.99. The predicted octanol–water partition coefficient (Wildman–Crippen LogP) is 2.74.